The summed E-state index contributed by atoms with van der Waals surface area (Å²) in [6, 6.07) is 6.94. The molecule has 1 atom stereocenters. The maximum Gasteiger partial charge on any atom is 0.328 e. The van der Waals surface area contributed by atoms with Crippen molar-refractivity contribution in [2.45, 2.75) is 19.4 Å². The van der Waals surface area contributed by atoms with Crippen LogP contribution in [0.25, 0.3) is 10.9 Å². The van der Waals surface area contributed by atoms with Crippen LogP contribution in [0.3, 0.4) is 0 Å². The fraction of sp³-hybridized carbons (Fsp3) is 0.316. The fourth-order valence-corrected chi connectivity index (χ4v) is 2.98. The molecule has 0 bridgehead atoms. The minimum atomic E-state index is -0.837. The van der Waals surface area contributed by atoms with E-state index in [-0.39, 0.29) is 5.56 Å². The highest BCUT2D eigenvalue weighted by Crippen LogP contribution is 2.21. The Morgan fingerprint density at radius 3 is 2.85 bits per heavy atom. The van der Waals surface area contributed by atoms with Crippen LogP contribution >= 0.6 is 0 Å². The van der Waals surface area contributed by atoms with Gasteiger partial charge in [-0.25, -0.2) is 9.48 Å². The predicted octanol–water partition coefficient (Wildman–Crippen LogP) is 1.81. The minimum absolute atomic E-state index is 0.271. The molecule has 0 aliphatic heterocycles. The molecule has 27 heavy (non-hydrogen) atoms. The van der Waals surface area contributed by atoms with Gasteiger partial charge in [0.2, 0.25) is 5.88 Å². The number of amides is 1. The zero-order chi connectivity index (χ0) is 19.4. The van der Waals surface area contributed by atoms with Crippen LogP contribution < -0.4 is 10.1 Å². The molecule has 2 aromatic heterocycles. The fourth-order valence-electron chi connectivity index (χ4n) is 2.98. The summed E-state index contributed by atoms with van der Waals surface area (Å²) in [6.07, 6.45) is 3.55. The third kappa shape index (κ3) is 3.79. The SMILES string of the molecule is CCOc1c(C(=O)N[C@@H](Cc2c[nH]c3ccccc23)C(=O)OC)cnn1C. The molecule has 0 aliphatic carbocycles. The predicted molar refractivity (Wildman–Crippen MR) is 99.6 cm³/mol. The van der Waals surface area contributed by atoms with Crippen molar-refractivity contribution in [1.29, 1.82) is 0 Å². The van der Waals surface area contributed by atoms with E-state index in [2.05, 4.69) is 15.4 Å². The number of benzene rings is 1. The Morgan fingerprint density at radius 2 is 2.11 bits per heavy atom. The van der Waals surface area contributed by atoms with Gasteiger partial charge in [-0.05, 0) is 18.6 Å². The van der Waals surface area contributed by atoms with E-state index in [0.29, 0.717) is 18.9 Å². The van der Waals surface area contributed by atoms with Crippen LogP contribution in [0.5, 0.6) is 5.88 Å². The number of methoxy groups -OCH3 is 1. The lowest BCUT2D eigenvalue weighted by Crippen LogP contribution is -2.43. The highest BCUT2D eigenvalue weighted by atomic mass is 16.5. The van der Waals surface area contributed by atoms with Gasteiger partial charge in [-0.3, -0.25) is 4.79 Å². The molecule has 8 heteroatoms. The van der Waals surface area contributed by atoms with Gasteiger partial charge in [0, 0.05) is 30.6 Å². The molecular weight excluding hydrogens is 348 g/mol. The topological polar surface area (TPSA) is 98.2 Å². The van der Waals surface area contributed by atoms with Crippen LogP contribution in [0.2, 0.25) is 0 Å². The Balaban J connectivity index is 1.83. The zero-order valence-corrected chi connectivity index (χ0v) is 15.5. The number of aromatic amines is 1. The van der Waals surface area contributed by atoms with Gasteiger partial charge in [0.25, 0.3) is 5.91 Å². The zero-order valence-electron chi connectivity index (χ0n) is 15.5. The summed E-state index contributed by atoms with van der Waals surface area (Å²) in [7, 11) is 2.98. The number of ether oxygens (including phenoxy) is 2. The van der Waals surface area contributed by atoms with Crippen molar-refractivity contribution < 1.29 is 19.1 Å². The van der Waals surface area contributed by atoms with E-state index < -0.39 is 17.9 Å². The van der Waals surface area contributed by atoms with Crippen molar-refractivity contribution in [2.75, 3.05) is 13.7 Å². The first-order chi connectivity index (χ1) is 13.0. The van der Waals surface area contributed by atoms with E-state index in [1.807, 2.05) is 37.4 Å². The van der Waals surface area contributed by atoms with Gasteiger partial charge in [0.05, 0.1) is 19.9 Å². The smallest absolute Gasteiger partial charge is 0.328 e. The highest BCUT2D eigenvalue weighted by Gasteiger charge is 2.26. The lowest BCUT2D eigenvalue weighted by molar-refractivity contribution is -0.142. The Hall–Kier alpha value is -3.29. The van der Waals surface area contributed by atoms with Crippen molar-refractivity contribution in [3.05, 3.63) is 47.8 Å². The molecule has 0 saturated heterocycles. The monoisotopic (exact) mass is 370 g/mol. The van der Waals surface area contributed by atoms with Crippen molar-refractivity contribution in [1.82, 2.24) is 20.1 Å². The van der Waals surface area contributed by atoms with E-state index >= 15 is 0 Å². The van der Waals surface area contributed by atoms with Crippen LogP contribution in [0.4, 0.5) is 0 Å². The van der Waals surface area contributed by atoms with E-state index in [0.717, 1.165) is 16.5 Å². The maximum absolute atomic E-state index is 12.7. The second-order valence-corrected chi connectivity index (χ2v) is 6.03. The number of carbonyl (C=O) groups excluding carboxylic acids is 2. The molecule has 2 heterocycles. The first kappa shape index (κ1) is 18.5. The number of esters is 1. The Morgan fingerprint density at radius 1 is 1.33 bits per heavy atom. The summed E-state index contributed by atoms with van der Waals surface area (Å²) in [6.45, 7) is 2.22. The molecule has 0 spiro atoms. The lowest BCUT2D eigenvalue weighted by Gasteiger charge is -2.16. The molecule has 0 radical (unpaired) electrons. The van der Waals surface area contributed by atoms with Gasteiger partial charge in [-0.1, -0.05) is 18.2 Å². The second-order valence-electron chi connectivity index (χ2n) is 6.03. The van der Waals surface area contributed by atoms with Crippen LogP contribution in [0.15, 0.2) is 36.7 Å². The third-order valence-corrected chi connectivity index (χ3v) is 4.30. The van der Waals surface area contributed by atoms with Crippen LogP contribution in [0, 0.1) is 0 Å². The van der Waals surface area contributed by atoms with Crippen molar-refractivity contribution >= 4 is 22.8 Å². The number of carbonyl (C=O) groups is 2. The molecule has 3 rings (SSSR count). The first-order valence-corrected chi connectivity index (χ1v) is 8.63. The van der Waals surface area contributed by atoms with Gasteiger partial charge in [0.15, 0.2) is 0 Å². The van der Waals surface area contributed by atoms with E-state index in [4.69, 9.17) is 9.47 Å². The largest absolute Gasteiger partial charge is 0.478 e. The highest BCUT2D eigenvalue weighted by molar-refractivity contribution is 5.98. The van der Waals surface area contributed by atoms with Crippen molar-refractivity contribution in [2.24, 2.45) is 7.05 Å². The molecule has 3 aromatic rings. The van der Waals surface area contributed by atoms with E-state index in [1.165, 1.54) is 18.0 Å². The number of fused-ring (bicyclic) bond motifs is 1. The number of aryl methyl sites for hydroxylation is 1. The minimum Gasteiger partial charge on any atom is -0.478 e. The number of hydrogen-bond acceptors (Lipinski definition) is 5. The Bertz CT molecular complexity index is 960. The second kappa shape index (κ2) is 7.94. The van der Waals surface area contributed by atoms with Crippen LogP contribution in [-0.4, -0.2) is 46.4 Å². The number of H-pyrrole nitrogens is 1. The summed E-state index contributed by atoms with van der Waals surface area (Å²) in [5, 5.41) is 7.79. The normalized spacial score (nSPS) is 12.0. The summed E-state index contributed by atoms with van der Waals surface area (Å²) in [5.41, 5.74) is 2.15. The quantitative estimate of drug-likeness (QED) is 0.618. The van der Waals surface area contributed by atoms with Crippen LogP contribution in [-0.2, 0) is 23.0 Å². The number of para-hydroxylation sites is 1. The molecule has 1 aromatic carbocycles. The summed E-state index contributed by atoms with van der Waals surface area (Å²) < 4.78 is 11.8. The van der Waals surface area contributed by atoms with Gasteiger partial charge in [0.1, 0.15) is 11.6 Å². The number of nitrogens with zero attached hydrogens (tertiary/aromatic N) is 2. The molecule has 1 amide bonds. The Labute approximate surface area is 156 Å². The molecule has 8 nitrogen and oxygen atoms in total. The first-order valence-electron chi connectivity index (χ1n) is 8.63. The van der Waals surface area contributed by atoms with Gasteiger partial charge in [-0.2, -0.15) is 5.10 Å². The third-order valence-electron chi connectivity index (χ3n) is 4.30. The van der Waals surface area contributed by atoms with E-state index in [1.54, 1.807) is 7.05 Å². The van der Waals surface area contributed by atoms with Gasteiger partial charge < -0.3 is 19.8 Å². The summed E-state index contributed by atoms with van der Waals surface area (Å²) >= 11 is 0. The Kier molecular flexibility index (Phi) is 5.44. The summed E-state index contributed by atoms with van der Waals surface area (Å²) in [5.74, 6) is -0.608. The molecular formula is C19H22N4O4. The number of aromatic nitrogens is 3. The van der Waals surface area contributed by atoms with Crippen molar-refractivity contribution in [3.8, 4) is 5.88 Å². The summed E-state index contributed by atoms with van der Waals surface area (Å²) in [4.78, 5) is 28.1. The maximum atomic E-state index is 12.7. The average Bonchev–Trinajstić information content (AvgIpc) is 3.25. The standard InChI is InChI=1S/C19H22N4O4/c1-4-27-18-14(11-21-23(18)2)17(24)22-16(19(25)26-3)9-12-10-20-15-8-6-5-7-13(12)15/h5-8,10-11,16,20H,4,9H2,1-3H3,(H,22,24)/t16-/m0/s1. The molecule has 142 valence electrons. The molecule has 2 N–H and O–H groups in total. The van der Waals surface area contributed by atoms with Crippen LogP contribution in [0.1, 0.15) is 22.8 Å². The number of nitrogens with one attached hydrogen (secondary N) is 2. The number of rotatable bonds is 7. The lowest BCUT2D eigenvalue weighted by atomic mass is 10.0. The molecule has 0 fully saturated rings. The number of hydrogen-bond donors (Lipinski definition) is 2. The van der Waals surface area contributed by atoms with Crippen molar-refractivity contribution in [3.63, 3.8) is 0 Å². The van der Waals surface area contributed by atoms with Gasteiger partial charge in [-0.15, -0.1) is 0 Å². The molecule has 0 aliphatic rings. The van der Waals surface area contributed by atoms with E-state index in [9.17, 15) is 9.59 Å². The molecule has 0 unspecified atom stereocenters. The van der Waals surface area contributed by atoms with Gasteiger partial charge >= 0.3 is 5.97 Å². The average molecular weight is 370 g/mol. The molecule has 0 saturated carbocycles.